The van der Waals surface area contributed by atoms with Crippen LogP contribution >= 0.6 is 0 Å². The number of H-pyrrole nitrogens is 1. The summed E-state index contributed by atoms with van der Waals surface area (Å²) in [5, 5.41) is 15.9. The van der Waals surface area contributed by atoms with Gasteiger partial charge in [-0.05, 0) is 47.5 Å². The number of aromatic amines is 1. The van der Waals surface area contributed by atoms with Crippen LogP contribution in [0.5, 0.6) is 0 Å². The average Bonchev–Trinajstić information content (AvgIpc) is 3.27. The van der Waals surface area contributed by atoms with Crippen molar-refractivity contribution in [2.75, 3.05) is 18.0 Å². The van der Waals surface area contributed by atoms with Crippen LogP contribution in [0.1, 0.15) is 24.6 Å². The van der Waals surface area contributed by atoms with Gasteiger partial charge in [0.2, 0.25) is 0 Å². The second kappa shape index (κ2) is 5.26. The molecule has 4 heterocycles. The summed E-state index contributed by atoms with van der Waals surface area (Å²) < 4.78 is 1.47. The Morgan fingerprint density at radius 1 is 1.12 bits per heavy atom. The molecule has 0 bridgehead atoms. The number of hydrogen-bond donors (Lipinski definition) is 1. The smallest absolute Gasteiger partial charge is 0.200 e. The largest absolute Gasteiger partial charge is 0.354 e. The van der Waals surface area contributed by atoms with Crippen molar-refractivity contribution in [1.29, 1.82) is 0 Å². The van der Waals surface area contributed by atoms with Crippen LogP contribution in [-0.4, -0.2) is 48.3 Å². The Balaban J connectivity index is 1.44. The van der Waals surface area contributed by atoms with Gasteiger partial charge in [0.25, 0.3) is 0 Å². The number of nitrogens with one attached hydrogen (secondary N) is 1. The fourth-order valence-corrected chi connectivity index (χ4v) is 3.38. The number of tetrazole rings is 1. The number of nitrogens with zero attached hydrogens (tertiary/aromatic N) is 7. The Bertz CT molecular complexity index is 962. The van der Waals surface area contributed by atoms with E-state index in [2.05, 4.69) is 36.6 Å². The van der Waals surface area contributed by atoms with Crippen LogP contribution in [0, 0.1) is 0 Å². The number of benzene rings is 1. The van der Waals surface area contributed by atoms with Gasteiger partial charge in [-0.25, -0.2) is 4.98 Å². The summed E-state index contributed by atoms with van der Waals surface area (Å²) >= 11 is 0. The van der Waals surface area contributed by atoms with Crippen molar-refractivity contribution in [1.82, 2.24) is 35.2 Å². The molecule has 1 unspecified atom stereocenters. The third kappa shape index (κ3) is 2.18. The summed E-state index contributed by atoms with van der Waals surface area (Å²) in [6, 6.07) is 12.0. The minimum absolute atomic E-state index is 0.373. The first-order valence-electron chi connectivity index (χ1n) is 8.12. The van der Waals surface area contributed by atoms with Crippen molar-refractivity contribution >= 4 is 22.5 Å². The Labute approximate surface area is 137 Å². The van der Waals surface area contributed by atoms with E-state index in [1.807, 2.05) is 30.3 Å². The monoisotopic (exact) mass is 320 g/mol. The molecule has 8 heteroatoms. The van der Waals surface area contributed by atoms with Gasteiger partial charge in [-0.1, -0.05) is 12.1 Å². The molecular formula is C16H16N8. The third-order valence-electron chi connectivity index (χ3n) is 4.60. The Hall–Kier alpha value is -3.03. The molecule has 5 rings (SSSR count). The zero-order chi connectivity index (χ0) is 15.9. The molecule has 1 aromatic carbocycles. The van der Waals surface area contributed by atoms with E-state index in [9.17, 15) is 0 Å². The lowest BCUT2D eigenvalue weighted by molar-refractivity contribution is 0.489. The van der Waals surface area contributed by atoms with Gasteiger partial charge in [0.1, 0.15) is 5.82 Å². The summed E-state index contributed by atoms with van der Waals surface area (Å²) in [5.74, 6) is 2.33. The molecule has 1 aliphatic rings. The van der Waals surface area contributed by atoms with Crippen LogP contribution in [0.3, 0.4) is 0 Å². The van der Waals surface area contributed by atoms with Gasteiger partial charge in [-0.15, -0.1) is 14.8 Å². The molecule has 24 heavy (non-hydrogen) atoms. The first-order chi connectivity index (χ1) is 11.9. The maximum atomic E-state index is 4.77. The van der Waals surface area contributed by atoms with E-state index in [0.29, 0.717) is 11.6 Å². The predicted molar refractivity (Wildman–Crippen MR) is 88.9 cm³/mol. The van der Waals surface area contributed by atoms with Gasteiger partial charge in [0, 0.05) is 19.0 Å². The van der Waals surface area contributed by atoms with E-state index in [0.717, 1.165) is 48.6 Å². The van der Waals surface area contributed by atoms with Crippen molar-refractivity contribution in [3.05, 3.63) is 42.2 Å². The van der Waals surface area contributed by atoms with Gasteiger partial charge >= 0.3 is 0 Å². The standard InChI is InChI=1S/C16H16N8/c1-2-6-13-12(5-1)17-16(18-13)11-4-3-9-23(10-11)15-8-7-14-19-21-22-24(14)20-15/h1-2,5-8,11H,3-4,9-10H2,(H,17,18). The van der Waals surface area contributed by atoms with Gasteiger partial charge < -0.3 is 9.88 Å². The Morgan fingerprint density at radius 2 is 2.08 bits per heavy atom. The van der Waals surface area contributed by atoms with Crippen LogP contribution in [-0.2, 0) is 0 Å². The molecule has 1 atom stereocenters. The molecule has 0 amide bonds. The SMILES string of the molecule is c1ccc2[nH]c(C3CCCN(c4ccc5nnnn5n4)C3)nc2c1. The highest BCUT2D eigenvalue weighted by Crippen LogP contribution is 2.28. The van der Waals surface area contributed by atoms with Crippen LogP contribution in [0.15, 0.2) is 36.4 Å². The Morgan fingerprint density at radius 3 is 3.04 bits per heavy atom. The molecule has 0 saturated carbocycles. The van der Waals surface area contributed by atoms with Crippen molar-refractivity contribution in [2.24, 2.45) is 0 Å². The van der Waals surface area contributed by atoms with Crippen LogP contribution < -0.4 is 4.90 Å². The fourth-order valence-electron chi connectivity index (χ4n) is 3.38. The lowest BCUT2D eigenvalue weighted by atomic mass is 9.97. The molecule has 1 fully saturated rings. The lowest BCUT2D eigenvalue weighted by Crippen LogP contribution is -2.35. The number of hydrogen-bond acceptors (Lipinski definition) is 6. The molecule has 0 radical (unpaired) electrons. The van der Waals surface area contributed by atoms with Crippen molar-refractivity contribution in [3.63, 3.8) is 0 Å². The van der Waals surface area contributed by atoms with Crippen molar-refractivity contribution in [2.45, 2.75) is 18.8 Å². The molecule has 0 aliphatic carbocycles. The Kier molecular flexibility index (Phi) is 2.94. The van der Waals surface area contributed by atoms with E-state index >= 15 is 0 Å². The van der Waals surface area contributed by atoms with Crippen molar-refractivity contribution < 1.29 is 0 Å². The average molecular weight is 320 g/mol. The quantitative estimate of drug-likeness (QED) is 0.606. The van der Waals surface area contributed by atoms with E-state index < -0.39 is 0 Å². The molecule has 1 saturated heterocycles. The zero-order valence-electron chi connectivity index (χ0n) is 13.0. The van der Waals surface area contributed by atoms with Crippen LogP contribution in [0.2, 0.25) is 0 Å². The topological polar surface area (TPSA) is 87.9 Å². The summed E-state index contributed by atoms with van der Waals surface area (Å²) in [7, 11) is 0. The summed E-state index contributed by atoms with van der Waals surface area (Å²) in [4.78, 5) is 10.5. The minimum Gasteiger partial charge on any atom is -0.354 e. The van der Waals surface area contributed by atoms with E-state index in [4.69, 9.17) is 4.98 Å². The molecule has 1 aliphatic heterocycles. The molecule has 120 valence electrons. The third-order valence-corrected chi connectivity index (χ3v) is 4.60. The molecule has 1 N–H and O–H groups in total. The van der Waals surface area contributed by atoms with E-state index in [1.165, 1.54) is 4.63 Å². The molecule has 4 aromatic rings. The second-order valence-corrected chi connectivity index (χ2v) is 6.14. The number of fused-ring (bicyclic) bond motifs is 2. The number of piperidine rings is 1. The summed E-state index contributed by atoms with van der Waals surface area (Å²) in [5.41, 5.74) is 2.78. The highest BCUT2D eigenvalue weighted by molar-refractivity contribution is 5.74. The summed E-state index contributed by atoms with van der Waals surface area (Å²) in [6.07, 6.45) is 2.24. The van der Waals surface area contributed by atoms with Gasteiger partial charge in [-0.3, -0.25) is 0 Å². The minimum atomic E-state index is 0.373. The summed E-state index contributed by atoms with van der Waals surface area (Å²) in [6.45, 7) is 1.87. The number of para-hydroxylation sites is 2. The number of aromatic nitrogens is 7. The first-order valence-corrected chi connectivity index (χ1v) is 8.12. The van der Waals surface area contributed by atoms with E-state index in [1.54, 1.807) is 0 Å². The van der Waals surface area contributed by atoms with Crippen LogP contribution in [0.25, 0.3) is 16.7 Å². The van der Waals surface area contributed by atoms with E-state index in [-0.39, 0.29) is 0 Å². The van der Waals surface area contributed by atoms with Gasteiger partial charge in [0.15, 0.2) is 11.5 Å². The normalized spacial score (nSPS) is 18.5. The number of anilines is 1. The highest BCUT2D eigenvalue weighted by Gasteiger charge is 2.25. The number of rotatable bonds is 2. The zero-order valence-corrected chi connectivity index (χ0v) is 13.0. The van der Waals surface area contributed by atoms with Crippen molar-refractivity contribution in [3.8, 4) is 0 Å². The number of imidazole rings is 1. The van der Waals surface area contributed by atoms with Gasteiger partial charge in [0.05, 0.1) is 11.0 Å². The molecule has 3 aromatic heterocycles. The molecule has 8 nitrogen and oxygen atoms in total. The second-order valence-electron chi connectivity index (χ2n) is 6.14. The maximum absolute atomic E-state index is 4.77. The van der Waals surface area contributed by atoms with Crippen LogP contribution in [0.4, 0.5) is 5.82 Å². The highest BCUT2D eigenvalue weighted by atomic mass is 15.6. The fraction of sp³-hybridized carbons (Fsp3) is 0.312. The lowest BCUT2D eigenvalue weighted by Gasteiger charge is -2.32. The first kappa shape index (κ1) is 13.4. The molecule has 0 spiro atoms. The molecular weight excluding hydrogens is 304 g/mol. The predicted octanol–water partition coefficient (Wildman–Crippen LogP) is 1.78. The van der Waals surface area contributed by atoms with Gasteiger partial charge in [-0.2, -0.15) is 0 Å². The maximum Gasteiger partial charge on any atom is 0.200 e.